The maximum atomic E-state index is 12.4. The second-order valence-corrected chi connectivity index (χ2v) is 8.08. The van der Waals surface area contributed by atoms with Crippen LogP contribution >= 0.6 is 11.8 Å². The van der Waals surface area contributed by atoms with Crippen LogP contribution in [0, 0.1) is 0 Å². The number of anilines is 2. The van der Waals surface area contributed by atoms with Crippen molar-refractivity contribution in [3.63, 3.8) is 0 Å². The average Bonchev–Trinajstić information content (AvgIpc) is 3.44. The lowest BCUT2D eigenvalue weighted by Gasteiger charge is -2.07. The zero-order valence-electron chi connectivity index (χ0n) is 17.4. The molecule has 0 spiro atoms. The van der Waals surface area contributed by atoms with Crippen LogP contribution in [-0.2, 0) is 9.59 Å². The molecule has 2 aromatic heterocycles. The van der Waals surface area contributed by atoms with Crippen LogP contribution in [0.3, 0.4) is 0 Å². The molecule has 1 aliphatic heterocycles. The van der Waals surface area contributed by atoms with Crippen molar-refractivity contribution >= 4 is 40.6 Å². The number of benzene rings is 2. The lowest BCUT2D eigenvalue weighted by Crippen LogP contribution is -2.14. The Labute approximate surface area is 192 Å². The molecule has 0 saturated carbocycles. The van der Waals surface area contributed by atoms with Gasteiger partial charge in [-0.05, 0) is 54.6 Å². The Kier molecular flexibility index (Phi) is 5.53. The fourth-order valence-electron chi connectivity index (χ4n) is 3.24. The number of nitrogens with one attached hydrogen (secondary N) is 2. The van der Waals surface area contributed by atoms with Gasteiger partial charge < -0.3 is 20.1 Å². The molecule has 2 N–H and O–H groups in total. The van der Waals surface area contributed by atoms with Gasteiger partial charge in [-0.15, -0.1) is 10.2 Å². The van der Waals surface area contributed by atoms with Crippen LogP contribution in [0.25, 0.3) is 16.9 Å². The third-order valence-electron chi connectivity index (χ3n) is 4.72. The minimum atomic E-state index is -0.198. The Hall–Kier alpha value is -4.12. The molecule has 2 amide bonds. The monoisotopic (exact) mass is 462 g/mol. The van der Waals surface area contributed by atoms with Crippen LogP contribution in [0.4, 0.5) is 11.4 Å². The summed E-state index contributed by atoms with van der Waals surface area (Å²) in [5, 5.41) is 18.9. The highest BCUT2D eigenvalue weighted by molar-refractivity contribution is 7.99. The van der Waals surface area contributed by atoms with E-state index >= 15 is 0 Å². The van der Waals surface area contributed by atoms with Gasteiger partial charge in [0, 0.05) is 23.9 Å². The number of rotatable bonds is 6. The maximum absolute atomic E-state index is 12.4. The molecule has 0 fully saturated rings. The van der Waals surface area contributed by atoms with Gasteiger partial charge in [0.1, 0.15) is 0 Å². The Morgan fingerprint density at radius 1 is 0.970 bits per heavy atom. The first-order chi connectivity index (χ1) is 16.0. The van der Waals surface area contributed by atoms with Gasteiger partial charge in [-0.1, -0.05) is 11.8 Å². The number of aromatic nitrogens is 4. The van der Waals surface area contributed by atoms with E-state index < -0.39 is 0 Å². The van der Waals surface area contributed by atoms with Gasteiger partial charge in [0.2, 0.25) is 23.8 Å². The molecule has 0 atom stereocenters. The quantitative estimate of drug-likeness (QED) is 0.419. The highest BCUT2D eigenvalue weighted by Gasteiger charge is 2.16. The summed E-state index contributed by atoms with van der Waals surface area (Å²) < 4.78 is 12.4. The molecule has 0 bridgehead atoms. The average molecular weight is 462 g/mol. The molecule has 0 saturated heterocycles. The van der Waals surface area contributed by atoms with E-state index in [0.717, 1.165) is 5.56 Å². The summed E-state index contributed by atoms with van der Waals surface area (Å²) in [6, 6.07) is 16.2. The largest absolute Gasteiger partial charge is 0.454 e. The van der Waals surface area contributed by atoms with Crippen molar-refractivity contribution in [1.29, 1.82) is 0 Å². The van der Waals surface area contributed by atoms with E-state index in [1.165, 1.54) is 18.7 Å². The molecule has 10 nitrogen and oxygen atoms in total. The normalized spacial score (nSPS) is 12.0. The number of ether oxygens (including phenoxy) is 2. The topological polar surface area (TPSA) is 120 Å². The zero-order valence-corrected chi connectivity index (χ0v) is 18.3. The summed E-state index contributed by atoms with van der Waals surface area (Å²) in [6.45, 7) is 1.65. The molecule has 1 aliphatic rings. The fraction of sp³-hybridized carbons (Fsp3) is 0.136. The van der Waals surface area contributed by atoms with Crippen molar-refractivity contribution in [3.8, 4) is 22.8 Å². The molecular weight excluding hydrogens is 444 g/mol. The summed E-state index contributed by atoms with van der Waals surface area (Å²) in [5.41, 5.74) is 3.45. The highest BCUT2D eigenvalue weighted by Crippen LogP contribution is 2.35. The van der Waals surface area contributed by atoms with Crippen LogP contribution in [0.5, 0.6) is 11.5 Å². The van der Waals surface area contributed by atoms with Gasteiger partial charge >= 0.3 is 0 Å². The smallest absolute Gasteiger partial charge is 0.234 e. The summed E-state index contributed by atoms with van der Waals surface area (Å²) in [7, 11) is 0. The van der Waals surface area contributed by atoms with Gasteiger partial charge in [0.05, 0.1) is 11.4 Å². The molecule has 166 valence electrons. The predicted molar refractivity (Wildman–Crippen MR) is 122 cm³/mol. The predicted octanol–water partition coefficient (Wildman–Crippen LogP) is 3.21. The van der Waals surface area contributed by atoms with E-state index in [9.17, 15) is 9.59 Å². The van der Waals surface area contributed by atoms with Gasteiger partial charge in [-0.25, -0.2) is 0 Å². The van der Waals surface area contributed by atoms with E-state index in [1.807, 2.05) is 30.3 Å². The number of nitrogens with zero attached hydrogens (tertiary/aromatic N) is 4. The van der Waals surface area contributed by atoms with E-state index in [4.69, 9.17) is 9.47 Å². The maximum Gasteiger partial charge on any atom is 0.234 e. The Balaban J connectivity index is 1.27. The molecule has 5 rings (SSSR count). The number of carbonyl (C=O) groups is 2. The summed E-state index contributed by atoms with van der Waals surface area (Å²) in [6.07, 6.45) is 0. The first kappa shape index (κ1) is 20.8. The van der Waals surface area contributed by atoms with Crippen molar-refractivity contribution in [2.45, 2.75) is 12.1 Å². The summed E-state index contributed by atoms with van der Waals surface area (Å²) in [5.74, 6) is 1.16. The van der Waals surface area contributed by atoms with Gasteiger partial charge in [0.25, 0.3) is 0 Å². The SMILES string of the molecule is CC(=O)Nc1ccc(NC(=O)CSc2nnc3ccc(-c4ccc5c(c4)OCO5)nn23)cc1. The number of fused-ring (bicyclic) bond motifs is 2. The number of hydrogen-bond acceptors (Lipinski definition) is 8. The number of carbonyl (C=O) groups excluding carboxylic acids is 2. The molecule has 0 radical (unpaired) electrons. The van der Waals surface area contributed by atoms with Crippen LogP contribution in [0.2, 0.25) is 0 Å². The third-order valence-corrected chi connectivity index (χ3v) is 5.64. The molecule has 0 unspecified atom stereocenters. The van der Waals surface area contributed by atoms with E-state index in [1.54, 1.807) is 28.8 Å². The molecule has 4 aromatic rings. The minimum absolute atomic E-state index is 0.129. The standard InChI is InChI=1S/C22H18N6O4S/c1-13(29)23-15-3-5-16(6-4-15)24-21(30)11-33-22-26-25-20-9-7-17(27-28(20)22)14-2-8-18-19(10-14)32-12-31-18/h2-10H,11-12H2,1H3,(H,23,29)(H,24,30). The van der Waals surface area contributed by atoms with Crippen molar-refractivity contribution in [2.75, 3.05) is 23.2 Å². The van der Waals surface area contributed by atoms with Crippen molar-refractivity contribution in [1.82, 2.24) is 19.8 Å². The molecular formula is C22H18N6O4S. The Morgan fingerprint density at radius 3 is 2.52 bits per heavy atom. The first-order valence-corrected chi connectivity index (χ1v) is 11.0. The van der Waals surface area contributed by atoms with E-state index in [2.05, 4.69) is 25.9 Å². The molecule has 11 heteroatoms. The minimum Gasteiger partial charge on any atom is -0.454 e. The molecule has 3 heterocycles. The van der Waals surface area contributed by atoms with Gasteiger partial charge in [-0.3, -0.25) is 9.59 Å². The van der Waals surface area contributed by atoms with Crippen LogP contribution in [-0.4, -0.2) is 44.2 Å². The Bertz CT molecular complexity index is 1360. The van der Waals surface area contributed by atoms with E-state index in [-0.39, 0.29) is 24.4 Å². The summed E-state index contributed by atoms with van der Waals surface area (Å²) in [4.78, 5) is 23.5. The highest BCUT2D eigenvalue weighted by atomic mass is 32.2. The Morgan fingerprint density at radius 2 is 1.73 bits per heavy atom. The van der Waals surface area contributed by atoms with Crippen molar-refractivity contribution in [2.24, 2.45) is 0 Å². The lowest BCUT2D eigenvalue weighted by molar-refractivity contribution is -0.114. The van der Waals surface area contributed by atoms with Gasteiger partial charge in [-0.2, -0.15) is 9.61 Å². The number of thioether (sulfide) groups is 1. The molecule has 2 aromatic carbocycles. The first-order valence-electron chi connectivity index (χ1n) is 9.98. The lowest BCUT2D eigenvalue weighted by atomic mass is 10.1. The van der Waals surface area contributed by atoms with Crippen molar-refractivity contribution in [3.05, 3.63) is 54.6 Å². The van der Waals surface area contributed by atoms with Crippen molar-refractivity contribution < 1.29 is 19.1 Å². The molecule has 0 aliphatic carbocycles. The van der Waals surface area contributed by atoms with E-state index in [0.29, 0.717) is 39.4 Å². The van der Waals surface area contributed by atoms with Gasteiger partial charge in [0.15, 0.2) is 17.1 Å². The van der Waals surface area contributed by atoms with Crippen LogP contribution < -0.4 is 20.1 Å². The summed E-state index contributed by atoms with van der Waals surface area (Å²) >= 11 is 1.23. The molecule has 33 heavy (non-hydrogen) atoms. The number of hydrogen-bond donors (Lipinski definition) is 2. The third kappa shape index (κ3) is 4.58. The second-order valence-electron chi connectivity index (χ2n) is 7.13. The van der Waals surface area contributed by atoms with Crippen LogP contribution in [0.1, 0.15) is 6.92 Å². The zero-order chi connectivity index (χ0) is 22.8. The number of amides is 2. The van der Waals surface area contributed by atoms with Crippen LogP contribution in [0.15, 0.2) is 59.8 Å². The second kappa shape index (κ2) is 8.79. The fourth-order valence-corrected chi connectivity index (χ4v) is 3.92.